The summed E-state index contributed by atoms with van der Waals surface area (Å²) in [5.41, 5.74) is 0. The van der Waals surface area contributed by atoms with Crippen LogP contribution in [0.15, 0.2) is 15.9 Å². The number of carbonyl (C=O) groups excluding carboxylic acids is 1. The normalized spacial score (nSPS) is 14.9. The van der Waals surface area contributed by atoms with Crippen molar-refractivity contribution in [1.82, 2.24) is 10.6 Å². The summed E-state index contributed by atoms with van der Waals surface area (Å²) < 4.78 is 1.16. The van der Waals surface area contributed by atoms with E-state index < -0.39 is 0 Å². The molecule has 0 aliphatic heterocycles. The van der Waals surface area contributed by atoms with Crippen LogP contribution in [0.5, 0.6) is 0 Å². The molecule has 0 aromatic carbocycles. The summed E-state index contributed by atoms with van der Waals surface area (Å²) in [6.45, 7) is 2.14. The van der Waals surface area contributed by atoms with Crippen molar-refractivity contribution in [1.29, 1.82) is 0 Å². The van der Waals surface area contributed by atoms with Gasteiger partial charge >= 0.3 is 0 Å². The molecule has 0 saturated heterocycles. The summed E-state index contributed by atoms with van der Waals surface area (Å²) in [6, 6.07) is 4.17. The van der Waals surface area contributed by atoms with Crippen LogP contribution in [0.1, 0.15) is 17.7 Å². The summed E-state index contributed by atoms with van der Waals surface area (Å²) in [7, 11) is 0. The number of carbonyl (C=O) groups is 1. The Morgan fingerprint density at radius 3 is 2.94 bits per heavy atom. The maximum atomic E-state index is 11.4. The van der Waals surface area contributed by atoms with E-state index in [0.29, 0.717) is 6.54 Å². The monoisotopic (exact) mass is 316 g/mol. The third kappa shape index (κ3) is 5.19. The molecule has 0 radical (unpaired) electrons. The number of rotatable bonds is 7. The van der Waals surface area contributed by atoms with Crippen molar-refractivity contribution in [2.75, 3.05) is 19.6 Å². The van der Waals surface area contributed by atoms with Crippen molar-refractivity contribution in [3.8, 4) is 0 Å². The zero-order chi connectivity index (χ0) is 12.1. The molecule has 17 heavy (non-hydrogen) atoms. The first-order valence-corrected chi connectivity index (χ1v) is 7.56. The van der Waals surface area contributed by atoms with E-state index in [2.05, 4.69) is 38.7 Å². The van der Waals surface area contributed by atoms with E-state index in [1.807, 2.05) is 0 Å². The van der Waals surface area contributed by atoms with Crippen molar-refractivity contribution in [2.24, 2.45) is 5.92 Å². The van der Waals surface area contributed by atoms with Crippen molar-refractivity contribution in [3.63, 3.8) is 0 Å². The maximum Gasteiger partial charge on any atom is 0.233 e. The molecule has 1 aromatic heterocycles. The predicted molar refractivity (Wildman–Crippen MR) is 74.3 cm³/mol. The van der Waals surface area contributed by atoms with Crippen LogP contribution in [0.3, 0.4) is 0 Å². The molecule has 0 bridgehead atoms. The third-order valence-corrected chi connectivity index (χ3v) is 4.43. The minimum absolute atomic E-state index is 0.115. The SMILES string of the molecule is O=C(CNCCc1ccc(Br)s1)NCC1CC1. The van der Waals surface area contributed by atoms with Crippen molar-refractivity contribution >= 4 is 33.2 Å². The van der Waals surface area contributed by atoms with Gasteiger partial charge in [0.25, 0.3) is 0 Å². The van der Waals surface area contributed by atoms with Crippen molar-refractivity contribution in [3.05, 3.63) is 20.8 Å². The van der Waals surface area contributed by atoms with E-state index in [1.165, 1.54) is 17.7 Å². The molecular weight excluding hydrogens is 300 g/mol. The first-order valence-electron chi connectivity index (χ1n) is 5.95. The van der Waals surface area contributed by atoms with Gasteiger partial charge in [-0.3, -0.25) is 4.79 Å². The van der Waals surface area contributed by atoms with Crippen LogP contribution in [0.4, 0.5) is 0 Å². The average molecular weight is 317 g/mol. The summed E-state index contributed by atoms with van der Waals surface area (Å²) in [5, 5.41) is 6.11. The second-order valence-electron chi connectivity index (χ2n) is 4.38. The Kier molecular flexibility index (Phi) is 5.00. The van der Waals surface area contributed by atoms with Gasteiger partial charge in [-0.25, -0.2) is 0 Å². The lowest BCUT2D eigenvalue weighted by Crippen LogP contribution is -2.35. The van der Waals surface area contributed by atoms with Gasteiger partial charge in [0.2, 0.25) is 5.91 Å². The Bertz CT molecular complexity index is 376. The van der Waals surface area contributed by atoms with Gasteiger partial charge in [0.05, 0.1) is 10.3 Å². The van der Waals surface area contributed by atoms with Crippen LogP contribution in [-0.4, -0.2) is 25.5 Å². The van der Waals surface area contributed by atoms with Crippen LogP contribution in [0.25, 0.3) is 0 Å². The number of thiophene rings is 1. The van der Waals surface area contributed by atoms with E-state index in [-0.39, 0.29) is 5.91 Å². The third-order valence-electron chi connectivity index (χ3n) is 2.75. The molecule has 0 spiro atoms. The number of hydrogen-bond donors (Lipinski definition) is 2. The molecule has 1 amide bonds. The van der Waals surface area contributed by atoms with Crippen LogP contribution in [0.2, 0.25) is 0 Å². The zero-order valence-electron chi connectivity index (χ0n) is 9.67. The first kappa shape index (κ1) is 13.1. The van der Waals surface area contributed by atoms with Crippen molar-refractivity contribution in [2.45, 2.75) is 19.3 Å². The predicted octanol–water partition coefficient (Wildman–Crippen LogP) is 2.17. The number of hydrogen-bond acceptors (Lipinski definition) is 3. The van der Waals surface area contributed by atoms with E-state index in [9.17, 15) is 4.79 Å². The molecule has 0 unspecified atom stereocenters. The summed E-state index contributed by atoms with van der Waals surface area (Å²) in [5.74, 6) is 0.867. The Labute approximate surface area is 114 Å². The zero-order valence-corrected chi connectivity index (χ0v) is 12.1. The van der Waals surface area contributed by atoms with Crippen LogP contribution in [-0.2, 0) is 11.2 Å². The van der Waals surface area contributed by atoms with Crippen LogP contribution < -0.4 is 10.6 Å². The molecule has 1 aliphatic rings. The molecule has 0 atom stereocenters. The lowest BCUT2D eigenvalue weighted by Gasteiger charge is -2.05. The molecule has 1 fully saturated rings. The van der Waals surface area contributed by atoms with Gasteiger partial charge in [-0.2, -0.15) is 0 Å². The first-order chi connectivity index (χ1) is 8.24. The molecule has 94 valence electrons. The molecule has 3 nitrogen and oxygen atoms in total. The number of halogens is 1. The van der Waals surface area contributed by atoms with Gasteiger partial charge in [-0.15, -0.1) is 11.3 Å². The molecule has 1 heterocycles. The minimum Gasteiger partial charge on any atom is -0.355 e. The van der Waals surface area contributed by atoms with Crippen molar-refractivity contribution < 1.29 is 4.79 Å². The summed E-state index contributed by atoms with van der Waals surface area (Å²) in [4.78, 5) is 12.7. The lowest BCUT2D eigenvalue weighted by molar-refractivity contribution is -0.120. The van der Waals surface area contributed by atoms with E-state index in [1.54, 1.807) is 11.3 Å². The van der Waals surface area contributed by atoms with Gasteiger partial charge in [-0.1, -0.05) is 0 Å². The van der Waals surface area contributed by atoms with Crippen LogP contribution in [0, 0.1) is 5.92 Å². The molecule has 1 saturated carbocycles. The molecular formula is C12H17BrN2OS. The average Bonchev–Trinajstić information content (AvgIpc) is 3.05. The van der Waals surface area contributed by atoms with E-state index in [0.717, 1.165) is 29.2 Å². The maximum absolute atomic E-state index is 11.4. The van der Waals surface area contributed by atoms with E-state index >= 15 is 0 Å². The fourth-order valence-corrected chi connectivity index (χ4v) is 3.02. The molecule has 1 aromatic rings. The molecule has 5 heteroatoms. The smallest absolute Gasteiger partial charge is 0.233 e. The highest BCUT2D eigenvalue weighted by Gasteiger charge is 2.21. The number of amides is 1. The second kappa shape index (κ2) is 6.52. The van der Waals surface area contributed by atoms with Gasteiger partial charge < -0.3 is 10.6 Å². The second-order valence-corrected chi connectivity index (χ2v) is 6.93. The Hall–Kier alpha value is -0.390. The standard InChI is InChI=1S/C12H17BrN2OS/c13-11-4-3-10(17-11)5-6-14-8-12(16)15-7-9-1-2-9/h3-4,9,14H,1-2,5-8H2,(H,15,16). The van der Waals surface area contributed by atoms with Gasteiger partial charge in [0, 0.05) is 18.0 Å². The summed E-state index contributed by atoms with van der Waals surface area (Å²) >= 11 is 5.18. The minimum atomic E-state index is 0.115. The molecule has 2 N–H and O–H groups in total. The number of nitrogens with one attached hydrogen (secondary N) is 2. The van der Waals surface area contributed by atoms with E-state index in [4.69, 9.17) is 0 Å². The molecule has 1 aliphatic carbocycles. The lowest BCUT2D eigenvalue weighted by atomic mass is 10.3. The van der Waals surface area contributed by atoms with Gasteiger partial charge in [-0.05, 0) is 53.2 Å². The Morgan fingerprint density at radius 1 is 1.47 bits per heavy atom. The highest BCUT2D eigenvalue weighted by atomic mass is 79.9. The Balaban J connectivity index is 1.51. The quantitative estimate of drug-likeness (QED) is 0.757. The highest BCUT2D eigenvalue weighted by Crippen LogP contribution is 2.27. The topological polar surface area (TPSA) is 41.1 Å². The highest BCUT2D eigenvalue weighted by molar-refractivity contribution is 9.11. The van der Waals surface area contributed by atoms with Crippen LogP contribution >= 0.6 is 27.3 Å². The largest absolute Gasteiger partial charge is 0.355 e. The van der Waals surface area contributed by atoms with Gasteiger partial charge in [0.15, 0.2) is 0 Å². The molecule has 2 rings (SSSR count). The fraction of sp³-hybridized carbons (Fsp3) is 0.583. The summed E-state index contributed by atoms with van der Waals surface area (Å²) in [6.07, 6.45) is 3.54. The van der Waals surface area contributed by atoms with Gasteiger partial charge in [0.1, 0.15) is 0 Å². The Morgan fingerprint density at radius 2 is 2.29 bits per heavy atom. The fourth-order valence-electron chi connectivity index (χ4n) is 1.54.